The molecule has 3 aromatic rings. The van der Waals surface area contributed by atoms with Gasteiger partial charge in [0.15, 0.2) is 5.15 Å². The van der Waals surface area contributed by atoms with Gasteiger partial charge in [-0.2, -0.15) is 0 Å². The minimum Gasteiger partial charge on any atom is -0.305 e. The van der Waals surface area contributed by atoms with Gasteiger partial charge in [0.2, 0.25) is 0 Å². The van der Waals surface area contributed by atoms with Gasteiger partial charge in [-0.3, -0.25) is 4.57 Å². The van der Waals surface area contributed by atoms with Crippen molar-refractivity contribution < 1.29 is 0 Å². The predicted octanol–water partition coefficient (Wildman–Crippen LogP) is 2.43. The van der Waals surface area contributed by atoms with E-state index in [9.17, 15) is 4.79 Å². The molecule has 0 unspecified atom stereocenters. The minimum absolute atomic E-state index is 0.177. The number of H-pyrrole nitrogens is 1. The van der Waals surface area contributed by atoms with Gasteiger partial charge in [-0.05, 0) is 11.6 Å². The number of aromatic amines is 1. The molecule has 0 saturated carbocycles. The first-order valence-electron chi connectivity index (χ1n) is 5.52. The molecule has 0 aliphatic rings. The van der Waals surface area contributed by atoms with Crippen LogP contribution in [0.1, 0.15) is 5.56 Å². The summed E-state index contributed by atoms with van der Waals surface area (Å²) in [5.41, 5.74) is 2.22. The first-order valence-corrected chi connectivity index (χ1v) is 5.90. The van der Waals surface area contributed by atoms with Gasteiger partial charge in [-0.15, -0.1) is 0 Å². The highest BCUT2D eigenvalue weighted by atomic mass is 35.5. The van der Waals surface area contributed by atoms with Gasteiger partial charge in [-0.1, -0.05) is 41.9 Å². The van der Waals surface area contributed by atoms with Gasteiger partial charge in [0, 0.05) is 6.20 Å². The molecular weight excluding hydrogens is 250 g/mol. The van der Waals surface area contributed by atoms with Crippen molar-refractivity contribution in [3.8, 4) is 0 Å². The highest BCUT2D eigenvalue weighted by molar-refractivity contribution is 6.33. The summed E-state index contributed by atoms with van der Waals surface area (Å²) >= 11 is 6.05. The third-order valence-electron chi connectivity index (χ3n) is 2.82. The van der Waals surface area contributed by atoms with Crippen LogP contribution in [0.15, 0.2) is 47.4 Å². The maximum atomic E-state index is 11.9. The number of benzene rings is 1. The van der Waals surface area contributed by atoms with Crippen molar-refractivity contribution in [2.45, 2.75) is 6.54 Å². The Morgan fingerprint density at radius 2 is 2.00 bits per heavy atom. The number of hydrogen-bond acceptors (Lipinski definition) is 2. The highest BCUT2D eigenvalue weighted by Crippen LogP contribution is 2.18. The van der Waals surface area contributed by atoms with Crippen molar-refractivity contribution >= 4 is 22.6 Å². The van der Waals surface area contributed by atoms with E-state index < -0.39 is 0 Å². The quantitative estimate of drug-likeness (QED) is 0.719. The van der Waals surface area contributed by atoms with Crippen molar-refractivity contribution in [1.82, 2.24) is 14.5 Å². The Balaban J connectivity index is 2.17. The smallest absolute Gasteiger partial charge is 0.305 e. The van der Waals surface area contributed by atoms with E-state index in [0.29, 0.717) is 22.7 Å². The zero-order valence-electron chi connectivity index (χ0n) is 9.43. The molecule has 0 amide bonds. The molecule has 0 saturated heterocycles. The van der Waals surface area contributed by atoms with Crippen LogP contribution in [0.4, 0.5) is 0 Å². The lowest BCUT2D eigenvalue weighted by molar-refractivity contribution is 0.786. The first-order chi connectivity index (χ1) is 8.75. The molecule has 3 rings (SSSR count). The molecule has 4 nitrogen and oxygen atoms in total. The summed E-state index contributed by atoms with van der Waals surface area (Å²) in [6.45, 7) is 0.477. The SMILES string of the molecule is O=c1[nH]c2ccnc(Cl)c2n1Cc1ccccc1. The van der Waals surface area contributed by atoms with Crippen LogP contribution in [0.3, 0.4) is 0 Å². The lowest BCUT2D eigenvalue weighted by Gasteiger charge is -2.04. The number of hydrogen-bond donors (Lipinski definition) is 1. The standard InChI is InChI=1S/C13H10ClN3O/c14-12-11-10(6-7-15-12)16-13(18)17(11)8-9-4-2-1-3-5-9/h1-7H,8H2,(H,16,18). The lowest BCUT2D eigenvalue weighted by atomic mass is 10.2. The Morgan fingerprint density at radius 1 is 1.22 bits per heavy atom. The Hall–Kier alpha value is -2.07. The fourth-order valence-electron chi connectivity index (χ4n) is 1.99. The van der Waals surface area contributed by atoms with E-state index in [4.69, 9.17) is 11.6 Å². The fourth-order valence-corrected chi connectivity index (χ4v) is 2.25. The molecule has 0 aliphatic carbocycles. The van der Waals surface area contributed by atoms with Gasteiger partial charge >= 0.3 is 5.69 Å². The molecule has 2 heterocycles. The van der Waals surface area contributed by atoms with Crippen molar-refractivity contribution in [3.63, 3.8) is 0 Å². The van der Waals surface area contributed by atoms with Gasteiger partial charge < -0.3 is 4.98 Å². The molecule has 5 heteroatoms. The van der Waals surface area contributed by atoms with Crippen molar-refractivity contribution in [1.29, 1.82) is 0 Å². The van der Waals surface area contributed by atoms with E-state index in [0.717, 1.165) is 5.56 Å². The second-order valence-electron chi connectivity index (χ2n) is 4.00. The van der Waals surface area contributed by atoms with Crippen molar-refractivity contribution in [2.75, 3.05) is 0 Å². The molecule has 1 N–H and O–H groups in total. The summed E-state index contributed by atoms with van der Waals surface area (Å²) in [5, 5.41) is 0.335. The van der Waals surface area contributed by atoms with Gasteiger partial charge in [0.05, 0.1) is 12.1 Å². The summed E-state index contributed by atoms with van der Waals surface area (Å²) < 4.78 is 1.60. The topological polar surface area (TPSA) is 50.7 Å². The fraction of sp³-hybridized carbons (Fsp3) is 0.0769. The third-order valence-corrected chi connectivity index (χ3v) is 3.10. The van der Waals surface area contributed by atoms with E-state index in [1.165, 1.54) is 0 Å². The third kappa shape index (κ3) is 1.80. The zero-order chi connectivity index (χ0) is 12.5. The minimum atomic E-state index is -0.177. The van der Waals surface area contributed by atoms with E-state index in [1.807, 2.05) is 30.3 Å². The molecule has 0 aliphatic heterocycles. The Kier molecular flexibility index (Phi) is 2.64. The van der Waals surface area contributed by atoms with Crippen LogP contribution < -0.4 is 5.69 Å². The second-order valence-corrected chi connectivity index (χ2v) is 4.36. The second kappa shape index (κ2) is 4.31. The lowest BCUT2D eigenvalue weighted by Crippen LogP contribution is -2.17. The zero-order valence-corrected chi connectivity index (χ0v) is 10.2. The Labute approximate surface area is 108 Å². The molecule has 0 bridgehead atoms. The maximum absolute atomic E-state index is 11.9. The number of rotatable bonds is 2. The number of aromatic nitrogens is 3. The summed E-state index contributed by atoms with van der Waals surface area (Å²) in [7, 11) is 0. The summed E-state index contributed by atoms with van der Waals surface area (Å²) in [6, 6.07) is 11.5. The number of nitrogens with zero attached hydrogens (tertiary/aromatic N) is 2. The van der Waals surface area contributed by atoms with Crippen molar-refractivity contribution in [3.05, 3.63) is 63.8 Å². The summed E-state index contributed by atoms with van der Waals surface area (Å²) in [6.07, 6.45) is 1.58. The predicted molar refractivity (Wildman–Crippen MR) is 70.9 cm³/mol. The molecule has 2 aromatic heterocycles. The summed E-state index contributed by atoms with van der Waals surface area (Å²) in [5.74, 6) is 0. The monoisotopic (exact) mass is 259 g/mol. The Bertz CT molecular complexity index is 746. The van der Waals surface area contributed by atoms with Crippen LogP contribution in [0.5, 0.6) is 0 Å². The van der Waals surface area contributed by atoms with E-state index in [2.05, 4.69) is 9.97 Å². The van der Waals surface area contributed by atoms with Gasteiger partial charge in [0.25, 0.3) is 0 Å². The maximum Gasteiger partial charge on any atom is 0.326 e. The molecular formula is C13H10ClN3O. The van der Waals surface area contributed by atoms with Crippen LogP contribution in [-0.4, -0.2) is 14.5 Å². The molecule has 0 radical (unpaired) electrons. The number of pyridine rings is 1. The van der Waals surface area contributed by atoms with E-state index in [1.54, 1.807) is 16.8 Å². The highest BCUT2D eigenvalue weighted by Gasteiger charge is 2.10. The molecule has 90 valence electrons. The Morgan fingerprint density at radius 3 is 2.78 bits per heavy atom. The number of imidazole rings is 1. The largest absolute Gasteiger partial charge is 0.326 e. The number of nitrogens with one attached hydrogen (secondary N) is 1. The van der Waals surface area contributed by atoms with Crippen molar-refractivity contribution in [2.24, 2.45) is 0 Å². The van der Waals surface area contributed by atoms with E-state index in [-0.39, 0.29) is 5.69 Å². The van der Waals surface area contributed by atoms with Crippen LogP contribution >= 0.6 is 11.6 Å². The van der Waals surface area contributed by atoms with Crippen LogP contribution in [-0.2, 0) is 6.54 Å². The molecule has 0 spiro atoms. The average molecular weight is 260 g/mol. The normalized spacial score (nSPS) is 10.9. The van der Waals surface area contributed by atoms with Crippen LogP contribution in [0, 0.1) is 0 Å². The number of halogens is 1. The molecule has 1 aromatic carbocycles. The van der Waals surface area contributed by atoms with Gasteiger partial charge in [0.1, 0.15) is 5.52 Å². The molecule has 18 heavy (non-hydrogen) atoms. The van der Waals surface area contributed by atoms with E-state index >= 15 is 0 Å². The molecule has 0 atom stereocenters. The average Bonchev–Trinajstić information content (AvgIpc) is 2.69. The van der Waals surface area contributed by atoms with Crippen LogP contribution in [0.2, 0.25) is 5.15 Å². The first kappa shape index (κ1) is 11.0. The van der Waals surface area contributed by atoms with Gasteiger partial charge in [-0.25, -0.2) is 9.78 Å². The van der Waals surface area contributed by atoms with Crippen LogP contribution in [0.25, 0.3) is 11.0 Å². The molecule has 0 fully saturated rings. The summed E-state index contributed by atoms with van der Waals surface area (Å²) in [4.78, 5) is 18.7. The number of fused-ring (bicyclic) bond motifs is 1.